The number of ether oxygens (including phenoxy) is 1. The fourth-order valence-electron chi connectivity index (χ4n) is 2.30. The third kappa shape index (κ3) is 6.07. The smallest absolute Gasteiger partial charge is 0.307 e. The van der Waals surface area contributed by atoms with E-state index in [4.69, 9.17) is 16.3 Å². The second-order valence-electron chi connectivity index (χ2n) is 5.66. The fourth-order valence-corrected chi connectivity index (χ4v) is 3.47. The maximum atomic E-state index is 12.2. The Kier molecular flexibility index (Phi) is 8.01. The summed E-state index contributed by atoms with van der Waals surface area (Å²) in [5, 5.41) is 3.48. The van der Waals surface area contributed by atoms with Gasteiger partial charge in [0.15, 0.2) is 6.10 Å². The molecule has 0 bridgehead atoms. The van der Waals surface area contributed by atoms with E-state index >= 15 is 0 Å². The molecule has 0 aliphatic carbocycles. The molecular formula is C20H22ClNO3S. The number of anilines is 1. The van der Waals surface area contributed by atoms with E-state index in [2.05, 4.69) is 5.32 Å². The molecule has 0 heterocycles. The van der Waals surface area contributed by atoms with Crippen LogP contribution in [-0.2, 0) is 20.7 Å². The Morgan fingerprint density at radius 1 is 1.15 bits per heavy atom. The van der Waals surface area contributed by atoms with E-state index < -0.39 is 12.1 Å². The van der Waals surface area contributed by atoms with Crippen LogP contribution >= 0.6 is 23.4 Å². The van der Waals surface area contributed by atoms with E-state index in [9.17, 15) is 9.59 Å². The molecule has 1 unspecified atom stereocenters. The molecule has 138 valence electrons. The van der Waals surface area contributed by atoms with E-state index in [1.54, 1.807) is 6.92 Å². The van der Waals surface area contributed by atoms with Gasteiger partial charge in [-0.05, 0) is 37.1 Å². The number of benzene rings is 2. The number of carbonyl (C=O) groups is 2. The van der Waals surface area contributed by atoms with Crippen molar-refractivity contribution in [3.63, 3.8) is 0 Å². The molecule has 1 N–H and O–H groups in total. The number of nitrogens with one attached hydrogen (secondary N) is 1. The zero-order chi connectivity index (χ0) is 18.9. The standard InChI is InChI=1S/C20H22ClNO3S/c1-3-15-8-4-6-10-17(15)22-20(24)14(2)25-19(23)12-13-26-18-11-7-5-9-16(18)21/h4-11,14H,3,12-13H2,1-2H3,(H,22,24). The lowest BCUT2D eigenvalue weighted by Crippen LogP contribution is -2.30. The summed E-state index contributed by atoms with van der Waals surface area (Å²) in [6.45, 7) is 3.59. The first-order valence-corrected chi connectivity index (χ1v) is 9.83. The number of carbonyl (C=O) groups excluding carboxylic acids is 2. The van der Waals surface area contributed by atoms with Gasteiger partial charge in [0.25, 0.3) is 5.91 Å². The van der Waals surface area contributed by atoms with Gasteiger partial charge < -0.3 is 10.1 Å². The maximum Gasteiger partial charge on any atom is 0.307 e. The molecule has 0 aromatic heterocycles. The average Bonchev–Trinajstić information content (AvgIpc) is 2.63. The first-order valence-electron chi connectivity index (χ1n) is 8.46. The van der Waals surface area contributed by atoms with Gasteiger partial charge in [-0.15, -0.1) is 11.8 Å². The van der Waals surface area contributed by atoms with Crippen molar-refractivity contribution in [2.75, 3.05) is 11.1 Å². The van der Waals surface area contributed by atoms with Crippen molar-refractivity contribution in [2.24, 2.45) is 0 Å². The lowest BCUT2D eigenvalue weighted by Gasteiger charge is -2.15. The normalized spacial score (nSPS) is 11.7. The number of aryl methyl sites for hydroxylation is 1. The minimum atomic E-state index is -0.849. The van der Waals surface area contributed by atoms with Crippen LogP contribution in [0.3, 0.4) is 0 Å². The third-order valence-corrected chi connectivity index (χ3v) is 5.25. The zero-order valence-electron chi connectivity index (χ0n) is 14.8. The second kappa shape index (κ2) is 10.2. The van der Waals surface area contributed by atoms with Crippen LogP contribution in [0.25, 0.3) is 0 Å². The van der Waals surface area contributed by atoms with Gasteiger partial charge in [-0.3, -0.25) is 9.59 Å². The van der Waals surface area contributed by atoms with Gasteiger partial charge in [0, 0.05) is 16.3 Å². The van der Waals surface area contributed by atoms with Crippen molar-refractivity contribution >= 4 is 40.9 Å². The minimum absolute atomic E-state index is 0.207. The first kappa shape index (κ1) is 20.3. The van der Waals surface area contributed by atoms with E-state index in [-0.39, 0.29) is 12.3 Å². The molecule has 26 heavy (non-hydrogen) atoms. The van der Waals surface area contributed by atoms with E-state index in [1.807, 2.05) is 55.5 Å². The number of amides is 1. The summed E-state index contributed by atoms with van der Waals surface area (Å²) in [5.41, 5.74) is 1.78. The van der Waals surface area contributed by atoms with Crippen LogP contribution in [-0.4, -0.2) is 23.7 Å². The summed E-state index contributed by atoms with van der Waals surface area (Å²) in [6.07, 6.45) is 0.167. The Bertz CT molecular complexity index is 766. The summed E-state index contributed by atoms with van der Waals surface area (Å²) in [7, 11) is 0. The molecule has 0 aliphatic rings. The first-order chi connectivity index (χ1) is 12.5. The summed E-state index contributed by atoms with van der Waals surface area (Å²) in [4.78, 5) is 25.1. The summed E-state index contributed by atoms with van der Waals surface area (Å²) in [6, 6.07) is 15.0. The third-order valence-electron chi connectivity index (χ3n) is 3.73. The van der Waals surface area contributed by atoms with Crippen molar-refractivity contribution in [3.05, 3.63) is 59.1 Å². The van der Waals surface area contributed by atoms with Gasteiger partial charge >= 0.3 is 5.97 Å². The van der Waals surface area contributed by atoms with Gasteiger partial charge in [-0.1, -0.05) is 48.9 Å². The van der Waals surface area contributed by atoms with Gasteiger partial charge in [0.1, 0.15) is 0 Å². The molecule has 0 saturated heterocycles. The predicted octanol–water partition coefficient (Wildman–Crippen LogP) is 4.96. The van der Waals surface area contributed by atoms with Crippen LogP contribution in [0.5, 0.6) is 0 Å². The quantitative estimate of drug-likeness (QED) is 0.510. The highest BCUT2D eigenvalue weighted by Crippen LogP contribution is 2.27. The van der Waals surface area contributed by atoms with Crippen molar-refractivity contribution in [1.29, 1.82) is 0 Å². The highest BCUT2D eigenvalue weighted by Gasteiger charge is 2.18. The van der Waals surface area contributed by atoms with Gasteiger partial charge in [-0.2, -0.15) is 0 Å². The largest absolute Gasteiger partial charge is 0.453 e. The molecule has 0 radical (unpaired) electrons. The molecule has 2 aromatic rings. The molecule has 0 aliphatic heterocycles. The number of rotatable bonds is 8. The van der Waals surface area contributed by atoms with Crippen molar-refractivity contribution in [1.82, 2.24) is 0 Å². The molecule has 2 aromatic carbocycles. The highest BCUT2D eigenvalue weighted by atomic mass is 35.5. The average molecular weight is 392 g/mol. The molecule has 1 atom stereocenters. The number of halogens is 1. The maximum absolute atomic E-state index is 12.2. The predicted molar refractivity (Wildman–Crippen MR) is 107 cm³/mol. The number of hydrogen-bond acceptors (Lipinski definition) is 4. The molecular weight excluding hydrogens is 370 g/mol. The lowest BCUT2D eigenvalue weighted by atomic mass is 10.1. The molecule has 1 amide bonds. The zero-order valence-corrected chi connectivity index (χ0v) is 16.4. The monoisotopic (exact) mass is 391 g/mol. The number of thioether (sulfide) groups is 1. The number of hydrogen-bond donors (Lipinski definition) is 1. The Hall–Kier alpha value is -1.98. The van der Waals surface area contributed by atoms with Crippen molar-refractivity contribution < 1.29 is 14.3 Å². The van der Waals surface area contributed by atoms with Crippen LogP contribution in [0.4, 0.5) is 5.69 Å². The summed E-state index contributed by atoms with van der Waals surface area (Å²) >= 11 is 7.56. The Morgan fingerprint density at radius 2 is 1.85 bits per heavy atom. The minimum Gasteiger partial charge on any atom is -0.453 e. The van der Waals surface area contributed by atoms with Crippen molar-refractivity contribution in [3.8, 4) is 0 Å². The fraction of sp³-hybridized carbons (Fsp3) is 0.300. The molecule has 0 spiro atoms. The number of para-hydroxylation sites is 1. The number of esters is 1. The van der Waals surface area contributed by atoms with E-state index in [0.29, 0.717) is 10.8 Å². The molecule has 0 fully saturated rings. The molecule has 6 heteroatoms. The Balaban J connectivity index is 1.79. The van der Waals surface area contributed by atoms with E-state index in [0.717, 1.165) is 22.6 Å². The van der Waals surface area contributed by atoms with Crippen LogP contribution < -0.4 is 5.32 Å². The van der Waals surface area contributed by atoms with Crippen LogP contribution in [0.15, 0.2) is 53.4 Å². The van der Waals surface area contributed by atoms with Crippen LogP contribution in [0.2, 0.25) is 5.02 Å². The van der Waals surface area contributed by atoms with Crippen molar-refractivity contribution in [2.45, 2.75) is 37.7 Å². The highest BCUT2D eigenvalue weighted by molar-refractivity contribution is 7.99. The van der Waals surface area contributed by atoms with Gasteiger partial charge in [0.05, 0.1) is 11.4 Å². The lowest BCUT2D eigenvalue weighted by molar-refractivity contribution is -0.152. The molecule has 4 nitrogen and oxygen atoms in total. The van der Waals surface area contributed by atoms with Gasteiger partial charge in [-0.25, -0.2) is 0 Å². The summed E-state index contributed by atoms with van der Waals surface area (Å²) < 4.78 is 5.23. The molecule has 0 saturated carbocycles. The Labute approximate surface area is 163 Å². The SMILES string of the molecule is CCc1ccccc1NC(=O)C(C)OC(=O)CCSc1ccccc1Cl. The summed E-state index contributed by atoms with van der Waals surface area (Å²) in [5.74, 6) is -0.204. The van der Waals surface area contributed by atoms with Crippen LogP contribution in [0.1, 0.15) is 25.8 Å². The van der Waals surface area contributed by atoms with Crippen LogP contribution in [0, 0.1) is 0 Å². The van der Waals surface area contributed by atoms with Gasteiger partial charge in [0.2, 0.25) is 0 Å². The Morgan fingerprint density at radius 3 is 2.58 bits per heavy atom. The molecule has 2 rings (SSSR count). The second-order valence-corrected chi connectivity index (χ2v) is 7.20. The topological polar surface area (TPSA) is 55.4 Å². The van der Waals surface area contributed by atoms with E-state index in [1.165, 1.54) is 11.8 Å².